The van der Waals surface area contributed by atoms with Gasteiger partial charge in [0.25, 0.3) is 5.91 Å². The topological polar surface area (TPSA) is 84.0 Å². The Kier molecular flexibility index (Phi) is 3.34. The molecular weight excluding hydrogens is 276 g/mol. The van der Waals surface area contributed by atoms with Crippen LogP contribution in [0.25, 0.3) is 0 Å². The summed E-state index contributed by atoms with van der Waals surface area (Å²) in [5.74, 6) is 0.264. The van der Waals surface area contributed by atoms with Gasteiger partial charge in [0.1, 0.15) is 0 Å². The summed E-state index contributed by atoms with van der Waals surface area (Å²) in [5.41, 5.74) is 1.10. The second kappa shape index (κ2) is 5.30. The predicted octanol–water partition coefficient (Wildman–Crippen LogP) is 1.77. The van der Waals surface area contributed by atoms with Crippen LogP contribution in [-0.2, 0) is 4.79 Å². The standard InChI is InChI=1S/C13H10N4O2S/c18-11-7-20-10-3-2-8(6-9(10)16-11)12(19)17-13-14-4-1-5-15-13/h1-6H,7H2,(H,16,18)(H,14,15,17,19). The van der Waals surface area contributed by atoms with Crippen molar-refractivity contribution < 1.29 is 9.59 Å². The van der Waals surface area contributed by atoms with Gasteiger partial charge in [-0.15, -0.1) is 11.8 Å². The van der Waals surface area contributed by atoms with Crippen molar-refractivity contribution in [2.45, 2.75) is 4.90 Å². The van der Waals surface area contributed by atoms with Crippen LogP contribution in [0.3, 0.4) is 0 Å². The van der Waals surface area contributed by atoms with Gasteiger partial charge in [0.05, 0.1) is 11.4 Å². The molecule has 1 aliphatic rings. The molecule has 0 aliphatic carbocycles. The summed E-state index contributed by atoms with van der Waals surface area (Å²) >= 11 is 1.45. The molecule has 0 fully saturated rings. The molecule has 2 amide bonds. The van der Waals surface area contributed by atoms with Gasteiger partial charge in [-0.05, 0) is 24.3 Å². The number of hydrogen-bond donors (Lipinski definition) is 2. The minimum atomic E-state index is -0.316. The third kappa shape index (κ3) is 2.62. The quantitative estimate of drug-likeness (QED) is 0.879. The number of hydrogen-bond acceptors (Lipinski definition) is 5. The first-order chi connectivity index (χ1) is 9.72. The molecule has 7 heteroatoms. The van der Waals surface area contributed by atoms with Crippen LogP contribution in [0.1, 0.15) is 10.4 Å². The second-order valence-electron chi connectivity index (χ2n) is 4.07. The number of rotatable bonds is 2. The molecular formula is C13H10N4O2S. The summed E-state index contributed by atoms with van der Waals surface area (Å²) in [5, 5.41) is 5.34. The Morgan fingerprint density at radius 1 is 1.30 bits per heavy atom. The van der Waals surface area contributed by atoms with E-state index < -0.39 is 0 Å². The Labute approximate surface area is 119 Å². The third-order valence-electron chi connectivity index (χ3n) is 2.67. The van der Waals surface area contributed by atoms with Gasteiger partial charge < -0.3 is 5.32 Å². The molecule has 0 saturated heterocycles. The summed E-state index contributed by atoms with van der Waals surface area (Å²) in [6.45, 7) is 0. The minimum absolute atomic E-state index is 0.0635. The van der Waals surface area contributed by atoms with E-state index in [1.165, 1.54) is 11.8 Å². The number of anilines is 2. The molecule has 1 aromatic carbocycles. The Bertz CT molecular complexity index is 675. The van der Waals surface area contributed by atoms with E-state index in [4.69, 9.17) is 0 Å². The highest BCUT2D eigenvalue weighted by Crippen LogP contribution is 2.32. The first-order valence-corrected chi connectivity index (χ1v) is 6.86. The van der Waals surface area contributed by atoms with Crippen molar-refractivity contribution in [1.82, 2.24) is 9.97 Å². The molecule has 2 heterocycles. The van der Waals surface area contributed by atoms with E-state index in [2.05, 4.69) is 20.6 Å². The van der Waals surface area contributed by atoms with Crippen LogP contribution in [0.15, 0.2) is 41.6 Å². The SMILES string of the molecule is O=C1CSc2ccc(C(=O)Nc3ncccn3)cc2N1. The first kappa shape index (κ1) is 12.6. The number of nitrogens with one attached hydrogen (secondary N) is 2. The lowest BCUT2D eigenvalue weighted by atomic mass is 10.2. The zero-order valence-corrected chi connectivity index (χ0v) is 11.1. The van der Waals surface area contributed by atoms with E-state index in [1.807, 2.05) is 6.07 Å². The fraction of sp³-hybridized carbons (Fsp3) is 0.0769. The molecule has 100 valence electrons. The van der Waals surface area contributed by atoms with Crippen molar-refractivity contribution in [3.63, 3.8) is 0 Å². The molecule has 0 spiro atoms. The number of amides is 2. The normalized spacial score (nSPS) is 13.3. The van der Waals surface area contributed by atoms with Crippen molar-refractivity contribution in [2.75, 3.05) is 16.4 Å². The van der Waals surface area contributed by atoms with Crippen molar-refractivity contribution >= 4 is 35.2 Å². The van der Waals surface area contributed by atoms with E-state index in [9.17, 15) is 9.59 Å². The van der Waals surface area contributed by atoms with Crippen molar-refractivity contribution in [1.29, 1.82) is 0 Å². The van der Waals surface area contributed by atoms with Gasteiger partial charge in [-0.25, -0.2) is 9.97 Å². The van der Waals surface area contributed by atoms with Crippen LogP contribution >= 0.6 is 11.8 Å². The molecule has 1 aromatic heterocycles. The summed E-state index contributed by atoms with van der Waals surface area (Å²) in [6.07, 6.45) is 3.10. The maximum atomic E-state index is 12.1. The van der Waals surface area contributed by atoms with E-state index >= 15 is 0 Å². The Hall–Kier alpha value is -2.41. The highest BCUT2D eigenvalue weighted by atomic mass is 32.2. The van der Waals surface area contributed by atoms with Gasteiger partial charge in [0, 0.05) is 22.9 Å². The Morgan fingerprint density at radius 2 is 2.10 bits per heavy atom. The average Bonchev–Trinajstić information content (AvgIpc) is 2.47. The lowest BCUT2D eigenvalue weighted by Gasteiger charge is -2.16. The number of thioether (sulfide) groups is 1. The average molecular weight is 286 g/mol. The summed E-state index contributed by atoms with van der Waals surface area (Å²) in [7, 11) is 0. The lowest BCUT2D eigenvalue weighted by molar-refractivity contribution is -0.113. The number of benzene rings is 1. The van der Waals surface area contributed by atoms with Crippen molar-refractivity contribution in [3.8, 4) is 0 Å². The highest BCUT2D eigenvalue weighted by molar-refractivity contribution is 8.00. The van der Waals surface area contributed by atoms with Gasteiger partial charge in [0.2, 0.25) is 11.9 Å². The molecule has 0 saturated carbocycles. The van der Waals surface area contributed by atoms with E-state index in [0.717, 1.165) is 4.90 Å². The molecule has 3 rings (SSSR count). The molecule has 1 aliphatic heterocycles. The number of carbonyl (C=O) groups excluding carboxylic acids is 2. The molecule has 2 N–H and O–H groups in total. The molecule has 0 unspecified atom stereocenters. The van der Waals surface area contributed by atoms with Crippen LogP contribution in [0.5, 0.6) is 0 Å². The van der Waals surface area contributed by atoms with Gasteiger partial charge in [0.15, 0.2) is 0 Å². The van der Waals surface area contributed by atoms with Crippen LogP contribution in [-0.4, -0.2) is 27.5 Å². The lowest BCUT2D eigenvalue weighted by Crippen LogP contribution is -2.20. The number of carbonyl (C=O) groups is 2. The van der Waals surface area contributed by atoms with Crippen molar-refractivity contribution in [3.05, 3.63) is 42.2 Å². The second-order valence-corrected chi connectivity index (χ2v) is 5.09. The van der Waals surface area contributed by atoms with E-state index in [0.29, 0.717) is 17.0 Å². The monoisotopic (exact) mass is 286 g/mol. The maximum absolute atomic E-state index is 12.1. The number of aromatic nitrogens is 2. The highest BCUT2D eigenvalue weighted by Gasteiger charge is 2.17. The molecule has 6 nitrogen and oxygen atoms in total. The summed E-state index contributed by atoms with van der Waals surface area (Å²) < 4.78 is 0. The molecule has 2 aromatic rings. The van der Waals surface area contributed by atoms with Gasteiger partial charge in [-0.3, -0.25) is 14.9 Å². The predicted molar refractivity (Wildman–Crippen MR) is 75.8 cm³/mol. The van der Waals surface area contributed by atoms with Gasteiger partial charge in [-0.2, -0.15) is 0 Å². The molecule has 0 radical (unpaired) electrons. The number of nitrogens with zero attached hydrogens (tertiary/aromatic N) is 2. The third-order valence-corrected chi connectivity index (χ3v) is 3.74. The Balaban J connectivity index is 1.82. The summed E-state index contributed by atoms with van der Waals surface area (Å²) in [6, 6.07) is 6.85. The van der Waals surface area contributed by atoms with Crippen LogP contribution in [0.4, 0.5) is 11.6 Å². The largest absolute Gasteiger partial charge is 0.324 e. The maximum Gasteiger partial charge on any atom is 0.258 e. The van der Waals surface area contributed by atoms with E-state index in [1.54, 1.807) is 30.6 Å². The molecule has 0 atom stereocenters. The first-order valence-electron chi connectivity index (χ1n) is 5.87. The fourth-order valence-corrected chi connectivity index (χ4v) is 2.55. The number of fused-ring (bicyclic) bond motifs is 1. The van der Waals surface area contributed by atoms with Gasteiger partial charge >= 0.3 is 0 Å². The molecule has 0 bridgehead atoms. The zero-order chi connectivity index (χ0) is 13.9. The fourth-order valence-electron chi connectivity index (χ4n) is 1.76. The van der Waals surface area contributed by atoms with E-state index in [-0.39, 0.29) is 17.8 Å². The smallest absolute Gasteiger partial charge is 0.258 e. The van der Waals surface area contributed by atoms with Crippen molar-refractivity contribution in [2.24, 2.45) is 0 Å². The van der Waals surface area contributed by atoms with Crippen LogP contribution in [0, 0.1) is 0 Å². The Morgan fingerprint density at radius 3 is 2.90 bits per heavy atom. The minimum Gasteiger partial charge on any atom is -0.324 e. The van der Waals surface area contributed by atoms with Gasteiger partial charge in [-0.1, -0.05) is 0 Å². The summed E-state index contributed by atoms with van der Waals surface area (Å²) in [4.78, 5) is 32.2. The van der Waals surface area contributed by atoms with Crippen LogP contribution < -0.4 is 10.6 Å². The molecule has 20 heavy (non-hydrogen) atoms. The zero-order valence-electron chi connectivity index (χ0n) is 10.3. The van der Waals surface area contributed by atoms with Crippen LogP contribution in [0.2, 0.25) is 0 Å².